The van der Waals surface area contributed by atoms with E-state index in [1.807, 2.05) is 27.7 Å². The molecule has 2 N–H and O–H groups in total. The van der Waals surface area contributed by atoms with Gasteiger partial charge in [-0.25, -0.2) is 9.78 Å². The zero-order valence-corrected chi connectivity index (χ0v) is 41.7. The van der Waals surface area contributed by atoms with Crippen LogP contribution in [0, 0.1) is 29.1 Å². The van der Waals surface area contributed by atoms with Crippen molar-refractivity contribution in [2.24, 2.45) is 29.1 Å². The van der Waals surface area contributed by atoms with Gasteiger partial charge >= 0.3 is 6.09 Å². The number of aromatic nitrogens is 2. The molecule has 17 heteroatoms. The number of rotatable bonds is 21. The first-order valence-electron chi connectivity index (χ1n) is 23.9. The lowest BCUT2D eigenvalue weighted by atomic mass is 9.73. The minimum atomic E-state index is -1.03. The Balaban J connectivity index is 1.55. The van der Waals surface area contributed by atoms with E-state index in [0.717, 1.165) is 32.1 Å². The van der Waals surface area contributed by atoms with Gasteiger partial charge in [-0.05, 0) is 56.9 Å². The number of ether oxygens (including phenoxy) is 1. The first-order chi connectivity index (χ1) is 31.9. The number of carbonyl (C=O) groups excluding carboxylic acids is 9. The van der Waals surface area contributed by atoms with Crippen molar-refractivity contribution in [3.05, 3.63) is 60.2 Å². The third kappa shape index (κ3) is 15.3. The van der Waals surface area contributed by atoms with Gasteiger partial charge in [-0.15, -0.1) is 0 Å². The highest BCUT2D eigenvalue weighted by Gasteiger charge is 2.48. The summed E-state index contributed by atoms with van der Waals surface area (Å²) in [5.41, 5.74) is -1.02. The van der Waals surface area contributed by atoms with Crippen molar-refractivity contribution in [1.29, 1.82) is 0 Å². The van der Waals surface area contributed by atoms with Crippen molar-refractivity contribution in [3.63, 3.8) is 0 Å². The molecule has 68 heavy (non-hydrogen) atoms. The Labute approximate surface area is 401 Å². The number of likely N-dealkylation sites (tertiary alicyclic amines) is 1. The molecular formula is C51H73N7O10. The number of nitrogens with one attached hydrogen (secondary N) is 2. The summed E-state index contributed by atoms with van der Waals surface area (Å²) >= 11 is 0. The van der Waals surface area contributed by atoms with Crippen molar-refractivity contribution in [2.45, 2.75) is 143 Å². The monoisotopic (exact) mass is 944 g/mol. The number of hydrogen-bond acceptors (Lipinski definition) is 12. The minimum Gasteiger partial charge on any atom is -0.444 e. The van der Waals surface area contributed by atoms with Crippen LogP contribution in [0.4, 0.5) is 4.79 Å². The van der Waals surface area contributed by atoms with E-state index < -0.39 is 94.5 Å². The predicted octanol–water partition coefficient (Wildman–Crippen LogP) is 5.71. The number of benzene rings is 1. The van der Waals surface area contributed by atoms with E-state index in [-0.39, 0.29) is 62.1 Å². The first-order valence-corrected chi connectivity index (χ1v) is 23.9. The van der Waals surface area contributed by atoms with Crippen LogP contribution in [0.15, 0.2) is 48.9 Å². The topological polar surface area (TPSA) is 222 Å². The standard InChI is InChI=1S/C51H73N7O10/c1-11-18-34(45(63)39(59)23-24-42(62)54-44(48(66)56(8)9)33-21-16-13-17-22-33)27-40(60)35-30-58(49(67)68-51(5,6)7)31-38(35)57(10)47(65)36(50(2,3)4)28-41(61)43(32-19-14-12-15-20-32)55-46(64)37-29-52-25-26-53-37/h13,16-17,21-22,25-26,29,32,34-36,38,43-44H,11-12,14-15,18-20,23-24,27-28,30-31H2,1-10H3,(H,54,62)(H,55,64)/t34-,35-,36-,38+,43+,44+/m1/s1. The Morgan fingerprint density at radius 2 is 1.49 bits per heavy atom. The molecule has 1 aromatic carbocycles. The molecule has 0 radical (unpaired) electrons. The summed E-state index contributed by atoms with van der Waals surface area (Å²) in [5, 5.41) is 5.60. The summed E-state index contributed by atoms with van der Waals surface area (Å²) in [4.78, 5) is 136. The fourth-order valence-corrected chi connectivity index (χ4v) is 9.10. The molecule has 1 aliphatic heterocycles. The summed E-state index contributed by atoms with van der Waals surface area (Å²) in [6, 6.07) is 5.90. The van der Waals surface area contributed by atoms with Crippen molar-refractivity contribution in [2.75, 3.05) is 34.2 Å². The van der Waals surface area contributed by atoms with Gasteiger partial charge in [0, 0.05) is 84.1 Å². The molecule has 372 valence electrons. The molecule has 0 bridgehead atoms. The Morgan fingerprint density at radius 1 is 0.824 bits per heavy atom. The zero-order valence-electron chi connectivity index (χ0n) is 41.7. The van der Waals surface area contributed by atoms with E-state index in [9.17, 15) is 43.2 Å². The fourth-order valence-electron chi connectivity index (χ4n) is 9.10. The van der Waals surface area contributed by atoms with E-state index in [0.29, 0.717) is 12.0 Å². The largest absolute Gasteiger partial charge is 0.444 e. The Kier molecular flexibility index (Phi) is 19.7. The Hall–Kier alpha value is -5.87. The van der Waals surface area contributed by atoms with Crippen molar-refractivity contribution < 1.29 is 47.9 Å². The van der Waals surface area contributed by atoms with Gasteiger partial charge in [-0.1, -0.05) is 83.7 Å². The minimum absolute atomic E-state index is 0.0672. The van der Waals surface area contributed by atoms with Gasteiger partial charge in [-0.3, -0.25) is 43.3 Å². The second-order valence-electron chi connectivity index (χ2n) is 20.6. The van der Waals surface area contributed by atoms with Crippen LogP contribution in [0.1, 0.15) is 141 Å². The van der Waals surface area contributed by atoms with Gasteiger partial charge in [0.15, 0.2) is 11.6 Å². The molecule has 1 saturated heterocycles. The average molecular weight is 944 g/mol. The van der Waals surface area contributed by atoms with Crippen LogP contribution < -0.4 is 10.6 Å². The summed E-state index contributed by atoms with van der Waals surface area (Å²) in [5.74, 6) is -7.36. The van der Waals surface area contributed by atoms with Crippen LogP contribution in [-0.2, 0) is 38.3 Å². The lowest BCUT2D eigenvalue weighted by molar-refractivity contribution is -0.145. The highest BCUT2D eigenvalue weighted by Crippen LogP contribution is 2.36. The quantitative estimate of drug-likeness (QED) is 0.144. The molecule has 6 atom stereocenters. The van der Waals surface area contributed by atoms with E-state index in [4.69, 9.17) is 4.74 Å². The summed E-state index contributed by atoms with van der Waals surface area (Å²) in [7, 11) is 4.67. The fraction of sp³-hybridized carbons (Fsp3) is 0.627. The summed E-state index contributed by atoms with van der Waals surface area (Å²) in [6.45, 7) is 12.3. The van der Waals surface area contributed by atoms with E-state index in [1.165, 1.54) is 33.3 Å². The van der Waals surface area contributed by atoms with Gasteiger partial charge in [0.1, 0.15) is 23.1 Å². The number of amides is 5. The average Bonchev–Trinajstić information content (AvgIpc) is 3.76. The summed E-state index contributed by atoms with van der Waals surface area (Å²) in [6.07, 6.45) is 7.06. The molecule has 1 saturated carbocycles. The molecule has 17 nitrogen and oxygen atoms in total. The van der Waals surface area contributed by atoms with Crippen molar-refractivity contribution in [3.8, 4) is 0 Å². The molecule has 2 fully saturated rings. The smallest absolute Gasteiger partial charge is 0.410 e. The Bertz CT molecular complexity index is 2110. The lowest BCUT2D eigenvalue weighted by Crippen LogP contribution is -2.52. The van der Waals surface area contributed by atoms with Gasteiger partial charge in [-0.2, -0.15) is 0 Å². The number of carbonyl (C=O) groups is 9. The lowest BCUT2D eigenvalue weighted by Gasteiger charge is -2.38. The summed E-state index contributed by atoms with van der Waals surface area (Å²) < 4.78 is 5.68. The van der Waals surface area contributed by atoms with E-state index in [1.54, 1.807) is 72.2 Å². The highest BCUT2D eigenvalue weighted by atomic mass is 16.6. The van der Waals surface area contributed by atoms with Gasteiger partial charge in [0.2, 0.25) is 23.5 Å². The number of likely N-dealkylation sites (N-methyl/N-ethyl adjacent to an activating group) is 2. The molecular weight excluding hydrogens is 871 g/mol. The maximum Gasteiger partial charge on any atom is 0.410 e. The first kappa shape index (κ1) is 54.7. The molecule has 1 aromatic heterocycles. The molecule has 0 spiro atoms. The maximum atomic E-state index is 14.9. The maximum absolute atomic E-state index is 14.9. The second kappa shape index (κ2) is 24.4. The van der Waals surface area contributed by atoms with Gasteiger partial charge in [0.05, 0.1) is 24.2 Å². The number of ketones is 4. The van der Waals surface area contributed by atoms with Crippen LogP contribution in [0.3, 0.4) is 0 Å². The molecule has 5 amide bonds. The van der Waals surface area contributed by atoms with E-state index in [2.05, 4.69) is 20.6 Å². The Morgan fingerprint density at radius 3 is 2.06 bits per heavy atom. The zero-order chi connectivity index (χ0) is 50.5. The number of Topliss-reactive ketones (excluding diaryl/α,β-unsaturated/α-hetero) is 4. The highest BCUT2D eigenvalue weighted by molar-refractivity contribution is 6.38. The van der Waals surface area contributed by atoms with Gasteiger partial charge < -0.3 is 30.1 Å². The van der Waals surface area contributed by atoms with Crippen LogP contribution in [-0.4, -0.2) is 129 Å². The molecule has 1 aliphatic carbocycles. The third-order valence-corrected chi connectivity index (χ3v) is 12.9. The SMILES string of the molecule is CCC[C@H](CC(=O)[C@@H]1CN(C(=O)OC(C)(C)C)C[C@@H]1N(C)C(=O)[C@@H](CC(=O)[C@@H](NC(=O)c1cnccn1)C1CCCCC1)C(C)(C)C)C(=O)C(=O)CCC(=O)N[C@H](C(=O)N(C)C)c1ccccc1. The van der Waals surface area contributed by atoms with E-state index >= 15 is 0 Å². The number of nitrogens with zero attached hydrogens (tertiary/aromatic N) is 5. The van der Waals surface area contributed by atoms with Crippen LogP contribution in [0.5, 0.6) is 0 Å². The van der Waals surface area contributed by atoms with Crippen LogP contribution in [0.2, 0.25) is 0 Å². The third-order valence-electron chi connectivity index (χ3n) is 12.9. The van der Waals surface area contributed by atoms with Crippen LogP contribution >= 0.6 is 0 Å². The molecule has 2 aromatic rings. The second-order valence-corrected chi connectivity index (χ2v) is 20.6. The van der Waals surface area contributed by atoms with Crippen LogP contribution in [0.25, 0.3) is 0 Å². The van der Waals surface area contributed by atoms with Crippen molar-refractivity contribution in [1.82, 2.24) is 35.3 Å². The number of hydrogen-bond donors (Lipinski definition) is 2. The molecule has 2 heterocycles. The van der Waals surface area contributed by atoms with Gasteiger partial charge in [0.25, 0.3) is 5.91 Å². The predicted molar refractivity (Wildman–Crippen MR) is 254 cm³/mol. The molecule has 4 rings (SSSR count). The molecule has 2 aliphatic rings. The normalized spacial score (nSPS) is 18.3. The molecule has 0 unspecified atom stereocenters. The van der Waals surface area contributed by atoms with Crippen molar-refractivity contribution >= 4 is 52.9 Å².